The van der Waals surface area contributed by atoms with E-state index in [2.05, 4.69) is 145 Å². The van der Waals surface area contributed by atoms with Gasteiger partial charge < -0.3 is 9.13 Å². The molecule has 0 aliphatic rings. The third-order valence-corrected chi connectivity index (χ3v) is 8.03. The monoisotopic (exact) mass is 490 g/mol. The number of aromatic nitrogens is 2. The molecule has 0 radical (unpaired) electrons. The third-order valence-electron chi connectivity index (χ3n) is 8.03. The highest BCUT2D eigenvalue weighted by Gasteiger charge is 2.23. The number of hydrogen-bond donors (Lipinski definition) is 0. The molecule has 0 spiro atoms. The van der Waals surface area contributed by atoms with Gasteiger partial charge in [0.25, 0.3) is 0 Å². The van der Waals surface area contributed by atoms with Crippen molar-refractivity contribution in [3.63, 3.8) is 0 Å². The molecule has 184 valence electrons. The van der Waals surface area contributed by atoms with E-state index in [1.54, 1.807) is 0 Å². The summed E-state index contributed by atoms with van der Waals surface area (Å²) in [6, 6.07) is 41.9. The lowest BCUT2D eigenvalue weighted by atomic mass is 9.87. The van der Waals surface area contributed by atoms with E-state index in [0.29, 0.717) is 0 Å². The van der Waals surface area contributed by atoms with E-state index in [9.17, 15) is 0 Å². The number of fused-ring (bicyclic) bond motifs is 4. The van der Waals surface area contributed by atoms with Gasteiger partial charge in [0.05, 0.1) is 5.52 Å². The van der Waals surface area contributed by atoms with Crippen LogP contribution in [-0.4, -0.2) is 9.13 Å². The summed E-state index contributed by atoms with van der Waals surface area (Å²) in [6.07, 6.45) is 4.32. The molecule has 0 N–H and O–H groups in total. The quantitative estimate of drug-likeness (QED) is 0.228. The topological polar surface area (TPSA) is 9.86 Å². The first-order valence-electron chi connectivity index (χ1n) is 13.4. The van der Waals surface area contributed by atoms with Gasteiger partial charge in [0, 0.05) is 58.6 Å². The van der Waals surface area contributed by atoms with E-state index >= 15 is 0 Å². The SMILES string of the molecule is Cn1cc(-c2c(-c3ccccc3)cc(CCc3ccccc3)c3c4ccccc4n(C)c23)c2ccccc21. The summed E-state index contributed by atoms with van der Waals surface area (Å²) in [5.41, 5.74) is 11.8. The highest BCUT2D eigenvalue weighted by atomic mass is 14.9. The molecule has 2 heteroatoms. The van der Waals surface area contributed by atoms with E-state index in [4.69, 9.17) is 0 Å². The smallest absolute Gasteiger partial charge is 0.0578 e. The van der Waals surface area contributed by atoms with Crippen molar-refractivity contribution in [2.45, 2.75) is 12.8 Å². The van der Waals surface area contributed by atoms with Crippen molar-refractivity contribution in [3.05, 3.63) is 133 Å². The van der Waals surface area contributed by atoms with Crippen LogP contribution in [0, 0.1) is 0 Å². The lowest BCUT2D eigenvalue weighted by Crippen LogP contribution is -1.98. The molecule has 0 aliphatic carbocycles. The van der Waals surface area contributed by atoms with Gasteiger partial charge in [-0.25, -0.2) is 0 Å². The molecule has 0 saturated carbocycles. The normalized spacial score (nSPS) is 11.6. The minimum Gasteiger partial charge on any atom is -0.350 e. The van der Waals surface area contributed by atoms with Crippen LogP contribution in [0.1, 0.15) is 11.1 Å². The van der Waals surface area contributed by atoms with Crippen molar-refractivity contribution < 1.29 is 0 Å². The Bertz CT molecular complexity index is 1920. The van der Waals surface area contributed by atoms with Crippen molar-refractivity contribution in [1.29, 1.82) is 0 Å². The second-order valence-electron chi connectivity index (χ2n) is 10.3. The van der Waals surface area contributed by atoms with Crippen LogP contribution in [0.2, 0.25) is 0 Å². The number of nitrogens with zero attached hydrogens (tertiary/aromatic N) is 2. The van der Waals surface area contributed by atoms with Crippen molar-refractivity contribution in [3.8, 4) is 22.3 Å². The number of benzene rings is 5. The summed E-state index contributed by atoms with van der Waals surface area (Å²) in [4.78, 5) is 0. The molecule has 0 amide bonds. The Morgan fingerprint density at radius 2 is 1.21 bits per heavy atom. The predicted octanol–water partition coefficient (Wildman–Crippen LogP) is 8.94. The number of rotatable bonds is 5. The zero-order valence-electron chi connectivity index (χ0n) is 21.9. The lowest BCUT2D eigenvalue weighted by Gasteiger charge is -2.17. The molecule has 5 aromatic carbocycles. The fourth-order valence-corrected chi connectivity index (χ4v) is 6.24. The molecule has 2 heterocycles. The fourth-order valence-electron chi connectivity index (χ4n) is 6.24. The molecule has 0 aliphatic heterocycles. The zero-order valence-corrected chi connectivity index (χ0v) is 21.9. The van der Waals surface area contributed by atoms with Crippen LogP contribution in [0.3, 0.4) is 0 Å². The molecule has 0 atom stereocenters. The summed E-state index contributed by atoms with van der Waals surface area (Å²) >= 11 is 0. The van der Waals surface area contributed by atoms with Crippen molar-refractivity contribution in [1.82, 2.24) is 9.13 Å². The number of para-hydroxylation sites is 2. The standard InChI is InChI=1S/C36H30N2/c1-37-24-31(28-17-9-11-19-32(28)37)35-30(26-15-7-4-8-16-26)23-27(22-21-25-13-5-3-6-14-25)34-29-18-10-12-20-33(29)38(2)36(34)35/h3-20,23-24H,21-22H2,1-2H3. The Hall–Kier alpha value is -4.56. The largest absolute Gasteiger partial charge is 0.350 e. The molecule has 0 saturated heterocycles. The molecular weight excluding hydrogens is 460 g/mol. The molecule has 2 aromatic heterocycles. The van der Waals surface area contributed by atoms with Crippen LogP contribution in [0.15, 0.2) is 121 Å². The molecule has 2 nitrogen and oxygen atoms in total. The molecule has 38 heavy (non-hydrogen) atoms. The van der Waals surface area contributed by atoms with Gasteiger partial charge in [-0.15, -0.1) is 0 Å². The maximum absolute atomic E-state index is 2.48. The molecule has 7 rings (SSSR count). The molecule has 0 fully saturated rings. The summed E-state index contributed by atoms with van der Waals surface area (Å²) in [6.45, 7) is 0. The Morgan fingerprint density at radius 3 is 1.97 bits per heavy atom. The predicted molar refractivity (Wildman–Crippen MR) is 162 cm³/mol. The molecular formula is C36H30N2. The maximum atomic E-state index is 2.48. The van der Waals surface area contributed by atoms with Gasteiger partial charge in [0.1, 0.15) is 0 Å². The number of hydrogen-bond acceptors (Lipinski definition) is 0. The van der Waals surface area contributed by atoms with E-state index in [0.717, 1.165) is 12.8 Å². The zero-order chi connectivity index (χ0) is 25.6. The van der Waals surface area contributed by atoms with Crippen molar-refractivity contribution in [2.75, 3.05) is 0 Å². The van der Waals surface area contributed by atoms with Gasteiger partial charge in [-0.1, -0.05) is 97.1 Å². The third kappa shape index (κ3) is 3.56. The average molecular weight is 491 g/mol. The van der Waals surface area contributed by atoms with E-state index < -0.39 is 0 Å². The minimum atomic E-state index is 0.990. The van der Waals surface area contributed by atoms with Gasteiger partial charge >= 0.3 is 0 Å². The first-order valence-corrected chi connectivity index (χ1v) is 13.4. The second kappa shape index (κ2) is 9.08. The van der Waals surface area contributed by atoms with Crippen LogP contribution in [0.25, 0.3) is 55.0 Å². The maximum Gasteiger partial charge on any atom is 0.0578 e. The van der Waals surface area contributed by atoms with Crippen LogP contribution < -0.4 is 0 Å². The Balaban J connectivity index is 1.61. The summed E-state index contributed by atoms with van der Waals surface area (Å²) in [7, 11) is 4.38. The average Bonchev–Trinajstić information content (AvgIpc) is 3.47. The number of aryl methyl sites for hydroxylation is 4. The Kier molecular flexibility index (Phi) is 5.40. The molecule has 0 unspecified atom stereocenters. The first-order chi connectivity index (χ1) is 18.7. The molecule has 0 bridgehead atoms. The van der Waals surface area contributed by atoms with Gasteiger partial charge in [-0.2, -0.15) is 0 Å². The summed E-state index contributed by atoms with van der Waals surface area (Å²) < 4.78 is 4.68. The molecule has 7 aromatic rings. The second-order valence-corrected chi connectivity index (χ2v) is 10.3. The van der Waals surface area contributed by atoms with Crippen LogP contribution >= 0.6 is 0 Å². The first kappa shape index (κ1) is 22.6. The van der Waals surface area contributed by atoms with E-state index in [1.165, 1.54) is 66.1 Å². The Morgan fingerprint density at radius 1 is 0.579 bits per heavy atom. The van der Waals surface area contributed by atoms with Crippen LogP contribution in [0.4, 0.5) is 0 Å². The van der Waals surface area contributed by atoms with E-state index in [-0.39, 0.29) is 0 Å². The highest BCUT2D eigenvalue weighted by Crippen LogP contribution is 2.46. The lowest BCUT2D eigenvalue weighted by molar-refractivity contribution is 0.965. The van der Waals surface area contributed by atoms with Crippen LogP contribution in [0.5, 0.6) is 0 Å². The van der Waals surface area contributed by atoms with Gasteiger partial charge in [-0.3, -0.25) is 0 Å². The Labute approximate surface area is 223 Å². The summed E-state index contributed by atoms with van der Waals surface area (Å²) in [5.74, 6) is 0. The highest BCUT2D eigenvalue weighted by molar-refractivity contribution is 6.19. The van der Waals surface area contributed by atoms with Crippen molar-refractivity contribution in [2.24, 2.45) is 14.1 Å². The fraction of sp³-hybridized carbons (Fsp3) is 0.111. The van der Waals surface area contributed by atoms with Crippen molar-refractivity contribution >= 4 is 32.7 Å². The minimum absolute atomic E-state index is 0.990. The van der Waals surface area contributed by atoms with E-state index in [1.807, 2.05) is 0 Å². The van der Waals surface area contributed by atoms with Gasteiger partial charge in [-0.05, 0) is 53.3 Å². The van der Waals surface area contributed by atoms with Gasteiger partial charge in [0.15, 0.2) is 0 Å². The van der Waals surface area contributed by atoms with Gasteiger partial charge in [0.2, 0.25) is 0 Å². The van der Waals surface area contributed by atoms with Crippen LogP contribution in [-0.2, 0) is 26.9 Å². The summed E-state index contributed by atoms with van der Waals surface area (Å²) in [5, 5.41) is 3.99.